The van der Waals surface area contributed by atoms with Crippen LogP contribution in [0, 0.1) is 17.3 Å². The van der Waals surface area contributed by atoms with Crippen molar-refractivity contribution in [1.29, 1.82) is 0 Å². The number of rotatable bonds is 1. The van der Waals surface area contributed by atoms with Gasteiger partial charge in [0, 0.05) is 0 Å². The van der Waals surface area contributed by atoms with E-state index in [4.69, 9.17) is 4.74 Å². The highest BCUT2D eigenvalue weighted by atomic mass is 16.5. The lowest BCUT2D eigenvalue weighted by Crippen LogP contribution is -2.38. The quantitative estimate of drug-likeness (QED) is 0.502. The van der Waals surface area contributed by atoms with Crippen molar-refractivity contribution in [2.75, 3.05) is 7.11 Å². The third-order valence-electron chi connectivity index (χ3n) is 4.94. The Morgan fingerprint density at radius 3 is 2.56 bits per heavy atom. The number of carbonyl (C=O) groups is 1. The molecule has 2 rings (SSSR count). The monoisotopic (exact) mass is 222 g/mol. The standard InChI is InChI=1S/C14H22O2/c1-10-6-8-14(9-7-10)11(2)4-5-12(14)13(15)16-3/h11-12H,1,4-9H2,2-3H3/t11-,12-/m0/s1. The highest BCUT2D eigenvalue weighted by molar-refractivity contribution is 5.74. The Hall–Kier alpha value is -0.790. The maximum Gasteiger partial charge on any atom is 0.309 e. The highest BCUT2D eigenvalue weighted by Gasteiger charge is 2.52. The number of allylic oxidation sites excluding steroid dienone is 1. The third-order valence-corrected chi connectivity index (χ3v) is 4.94. The SMILES string of the molecule is C=C1CCC2(CC1)[C@@H](C)CC[C@H]2C(=O)OC. The molecule has 0 amide bonds. The third kappa shape index (κ3) is 1.68. The van der Waals surface area contributed by atoms with E-state index in [0.717, 1.165) is 32.1 Å². The molecule has 2 aliphatic rings. The highest BCUT2D eigenvalue weighted by Crippen LogP contribution is 2.57. The van der Waals surface area contributed by atoms with Gasteiger partial charge in [-0.25, -0.2) is 0 Å². The van der Waals surface area contributed by atoms with Crippen LogP contribution < -0.4 is 0 Å². The fourth-order valence-electron chi connectivity index (χ4n) is 3.74. The second-order valence-electron chi connectivity index (χ2n) is 5.54. The Labute approximate surface area is 98.1 Å². The Bertz CT molecular complexity index is 296. The lowest BCUT2D eigenvalue weighted by molar-refractivity contribution is -0.150. The van der Waals surface area contributed by atoms with E-state index in [1.165, 1.54) is 19.1 Å². The van der Waals surface area contributed by atoms with Crippen molar-refractivity contribution < 1.29 is 9.53 Å². The molecule has 16 heavy (non-hydrogen) atoms. The molecule has 2 fully saturated rings. The van der Waals surface area contributed by atoms with Crippen LogP contribution in [0.1, 0.15) is 45.4 Å². The van der Waals surface area contributed by atoms with Crippen LogP contribution in [0.5, 0.6) is 0 Å². The van der Waals surface area contributed by atoms with Gasteiger partial charge in [0.05, 0.1) is 13.0 Å². The van der Waals surface area contributed by atoms with Gasteiger partial charge in [-0.1, -0.05) is 19.1 Å². The summed E-state index contributed by atoms with van der Waals surface area (Å²) in [5, 5.41) is 0. The first-order valence-corrected chi connectivity index (χ1v) is 6.34. The number of hydrogen-bond acceptors (Lipinski definition) is 2. The summed E-state index contributed by atoms with van der Waals surface area (Å²) in [6.45, 7) is 6.37. The van der Waals surface area contributed by atoms with Crippen LogP contribution in [-0.2, 0) is 9.53 Å². The molecule has 0 saturated heterocycles. The van der Waals surface area contributed by atoms with Gasteiger partial charge in [0.2, 0.25) is 0 Å². The number of carbonyl (C=O) groups excluding carboxylic acids is 1. The van der Waals surface area contributed by atoms with Gasteiger partial charge >= 0.3 is 5.97 Å². The molecule has 2 atom stereocenters. The fraction of sp³-hybridized carbons (Fsp3) is 0.786. The van der Waals surface area contributed by atoms with Crippen molar-refractivity contribution in [1.82, 2.24) is 0 Å². The lowest BCUT2D eigenvalue weighted by Gasteiger charge is -2.41. The molecule has 0 bridgehead atoms. The minimum atomic E-state index is 0.0110. The molecule has 0 unspecified atom stereocenters. The normalized spacial score (nSPS) is 33.0. The molecule has 2 nitrogen and oxygen atoms in total. The predicted octanol–water partition coefficient (Wildman–Crippen LogP) is 3.32. The molecule has 0 aromatic rings. The maximum atomic E-state index is 11.9. The molecule has 90 valence electrons. The smallest absolute Gasteiger partial charge is 0.309 e. The van der Waals surface area contributed by atoms with Gasteiger partial charge in [0.15, 0.2) is 0 Å². The molecule has 0 aliphatic heterocycles. The van der Waals surface area contributed by atoms with Crippen molar-refractivity contribution >= 4 is 5.97 Å². The molecule has 0 aromatic heterocycles. The number of hydrogen-bond donors (Lipinski definition) is 0. The molecule has 1 spiro atoms. The van der Waals surface area contributed by atoms with Crippen molar-refractivity contribution in [2.45, 2.75) is 45.4 Å². The van der Waals surface area contributed by atoms with Gasteiger partial charge in [0.1, 0.15) is 0 Å². The van der Waals surface area contributed by atoms with Crippen molar-refractivity contribution in [3.8, 4) is 0 Å². The van der Waals surface area contributed by atoms with E-state index in [0.29, 0.717) is 5.92 Å². The summed E-state index contributed by atoms with van der Waals surface area (Å²) in [6, 6.07) is 0. The van der Waals surface area contributed by atoms with Crippen LogP contribution in [-0.4, -0.2) is 13.1 Å². The van der Waals surface area contributed by atoms with E-state index >= 15 is 0 Å². The topological polar surface area (TPSA) is 26.3 Å². The Morgan fingerprint density at radius 2 is 2.00 bits per heavy atom. The molecular weight excluding hydrogens is 200 g/mol. The fourth-order valence-corrected chi connectivity index (χ4v) is 3.74. The zero-order valence-electron chi connectivity index (χ0n) is 10.4. The average Bonchev–Trinajstić information content (AvgIpc) is 2.60. The second-order valence-corrected chi connectivity index (χ2v) is 5.54. The van der Waals surface area contributed by atoms with Gasteiger partial charge in [0.25, 0.3) is 0 Å². The first-order valence-electron chi connectivity index (χ1n) is 6.34. The van der Waals surface area contributed by atoms with Crippen molar-refractivity contribution in [3.05, 3.63) is 12.2 Å². The van der Waals surface area contributed by atoms with Crippen LogP contribution >= 0.6 is 0 Å². The molecule has 2 heteroatoms. The maximum absolute atomic E-state index is 11.9. The van der Waals surface area contributed by atoms with E-state index in [9.17, 15) is 4.79 Å². The molecule has 0 radical (unpaired) electrons. The summed E-state index contributed by atoms with van der Waals surface area (Å²) in [5.74, 6) is 0.808. The second kappa shape index (κ2) is 4.23. The van der Waals surface area contributed by atoms with Gasteiger partial charge < -0.3 is 4.74 Å². The van der Waals surface area contributed by atoms with Crippen molar-refractivity contribution in [2.24, 2.45) is 17.3 Å². The van der Waals surface area contributed by atoms with Crippen LogP contribution in [0.25, 0.3) is 0 Å². The van der Waals surface area contributed by atoms with Crippen LogP contribution in [0.15, 0.2) is 12.2 Å². The summed E-state index contributed by atoms with van der Waals surface area (Å²) < 4.78 is 4.98. The Morgan fingerprint density at radius 1 is 1.38 bits per heavy atom. The summed E-state index contributed by atoms with van der Waals surface area (Å²) in [4.78, 5) is 11.9. The number of methoxy groups -OCH3 is 1. The molecule has 0 aromatic carbocycles. The summed E-state index contributed by atoms with van der Waals surface area (Å²) in [7, 11) is 1.51. The molecular formula is C14H22O2. The molecule has 2 saturated carbocycles. The zero-order valence-corrected chi connectivity index (χ0v) is 10.4. The van der Waals surface area contributed by atoms with Crippen LogP contribution in [0.3, 0.4) is 0 Å². The van der Waals surface area contributed by atoms with Gasteiger partial charge in [-0.15, -0.1) is 0 Å². The van der Waals surface area contributed by atoms with E-state index in [1.54, 1.807) is 0 Å². The van der Waals surface area contributed by atoms with E-state index in [1.807, 2.05) is 0 Å². The van der Waals surface area contributed by atoms with Gasteiger partial charge in [-0.2, -0.15) is 0 Å². The summed E-state index contributed by atoms with van der Waals surface area (Å²) in [6.07, 6.45) is 6.64. The minimum absolute atomic E-state index is 0.0110. The zero-order chi connectivity index (χ0) is 11.8. The number of esters is 1. The van der Waals surface area contributed by atoms with E-state index in [2.05, 4.69) is 13.5 Å². The average molecular weight is 222 g/mol. The minimum Gasteiger partial charge on any atom is -0.469 e. The number of ether oxygens (including phenoxy) is 1. The molecule has 0 heterocycles. The van der Waals surface area contributed by atoms with Gasteiger partial charge in [-0.05, 0) is 49.9 Å². The lowest BCUT2D eigenvalue weighted by atomic mass is 9.63. The molecule has 2 aliphatic carbocycles. The Balaban J connectivity index is 2.20. The van der Waals surface area contributed by atoms with Crippen molar-refractivity contribution in [3.63, 3.8) is 0 Å². The first kappa shape index (κ1) is 11.7. The van der Waals surface area contributed by atoms with Crippen LogP contribution in [0.2, 0.25) is 0 Å². The Kier molecular flexibility index (Phi) is 3.09. The largest absolute Gasteiger partial charge is 0.469 e. The summed E-state index contributed by atoms with van der Waals surface area (Å²) >= 11 is 0. The van der Waals surface area contributed by atoms with E-state index in [-0.39, 0.29) is 17.3 Å². The summed E-state index contributed by atoms with van der Waals surface area (Å²) in [5.41, 5.74) is 1.57. The van der Waals surface area contributed by atoms with E-state index < -0.39 is 0 Å². The first-order chi connectivity index (χ1) is 7.60. The predicted molar refractivity (Wildman–Crippen MR) is 63.9 cm³/mol. The van der Waals surface area contributed by atoms with Gasteiger partial charge in [-0.3, -0.25) is 4.79 Å². The molecule has 0 N–H and O–H groups in total. The van der Waals surface area contributed by atoms with Crippen LogP contribution in [0.4, 0.5) is 0 Å².